The summed E-state index contributed by atoms with van der Waals surface area (Å²) in [6.07, 6.45) is 6.50. The monoisotopic (exact) mass is 291 g/mol. The maximum atomic E-state index is 11.4. The third kappa shape index (κ3) is 2.53. The average molecular weight is 292 g/mol. The molecule has 0 spiro atoms. The van der Waals surface area contributed by atoms with E-state index in [2.05, 4.69) is 15.9 Å². The second-order valence-corrected chi connectivity index (χ2v) is 4.14. The molecule has 0 aromatic heterocycles. The molecule has 4 heteroatoms. The zero-order chi connectivity index (χ0) is 12.3. The molecule has 1 aliphatic heterocycles. The van der Waals surface area contributed by atoms with E-state index in [4.69, 9.17) is 0 Å². The molecule has 1 heterocycles. The lowest BCUT2D eigenvalue weighted by molar-refractivity contribution is -0.119. The molecule has 0 radical (unpaired) electrons. The lowest BCUT2D eigenvalue weighted by atomic mass is 10.2. The van der Waals surface area contributed by atoms with Gasteiger partial charge >= 0.3 is 0 Å². The molecule has 1 aliphatic rings. The van der Waals surface area contributed by atoms with Crippen LogP contribution in [0.2, 0.25) is 0 Å². The Morgan fingerprint density at radius 3 is 2.18 bits per heavy atom. The van der Waals surface area contributed by atoms with Crippen LogP contribution in [0.5, 0.6) is 0 Å². The Hall–Kier alpha value is -1.68. The first-order valence-electron chi connectivity index (χ1n) is 5.11. The zero-order valence-corrected chi connectivity index (χ0v) is 10.6. The van der Waals surface area contributed by atoms with Gasteiger partial charge in [0.05, 0.1) is 5.69 Å². The highest BCUT2D eigenvalue weighted by atomic mass is 79.9. The van der Waals surface area contributed by atoms with Crippen LogP contribution in [0.25, 0.3) is 6.08 Å². The second-order valence-electron chi connectivity index (χ2n) is 3.49. The molecule has 0 unspecified atom stereocenters. The standard InChI is InChI=1S/C13H10BrNO2/c14-9-1-2-10-3-5-11(6-4-10)15-12(16)7-8-13(15)17/h1-8H,9H2. The average Bonchev–Trinajstić information content (AvgIpc) is 2.67. The van der Waals surface area contributed by atoms with E-state index in [1.807, 2.05) is 24.3 Å². The van der Waals surface area contributed by atoms with Crippen LogP contribution < -0.4 is 4.90 Å². The fourth-order valence-corrected chi connectivity index (χ4v) is 1.76. The van der Waals surface area contributed by atoms with Crippen LogP contribution in [-0.4, -0.2) is 17.1 Å². The lowest BCUT2D eigenvalue weighted by Crippen LogP contribution is -2.29. The van der Waals surface area contributed by atoms with Crippen LogP contribution >= 0.6 is 15.9 Å². The lowest BCUT2D eigenvalue weighted by Gasteiger charge is -2.13. The van der Waals surface area contributed by atoms with Gasteiger partial charge in [0.25, 0.3) is 11.8 Å². The molecule has 0 bridgehead atoms. The normalized spacial score (nSPS) is 15.2. The summed E-state index contributed by atoms with van der Waals surface area (Å²) in [6.45, 7) is 0. The van der Waals surface area contributed by atoms with E-state index in [1.165, 1.54) is 12.2 Å². The van der Waals surface area contributed by atoms with Gasteiger partial charge in [-0.1, -0.05) is 40.2 Å². The molecule has 0 aliphatic carbocycles. The number of alkyl halides is 1. The number of carbonyl (C=O) groups excluding carboxylic acids is 2. The number of carbonyl (C=O) groups is 2. The number of hydrogen-bond acceptors (Lipinski definition) is 2. The van der Waals surface area contributed by atoms with E-state index in [0.717, 1.165) is 15.8 Å². The molecular weight excluding hydrogens is 282 g/mol. The minimum atomic E-state index is -0.293. The van der Waals surface area contributed by atoms with Gasteiger partial charge in [-0.25, -0.2) is 4.90 Å². The third-order valence-corrected chi connectivity index (χ3v) is 2.73. The number of hydrogen-bond donors (Lipinski definition) is 0. The predicted molar refractivity (Wildman–Crippen MR) is 70.9 cm³/mol. The van der Waals surface area contributed by atoms with Crippen LogP contribution in [0.3, 0.4) is 0 Å². The largest absolute Gasteiger partial charge is 0.269 e. The van der Waals surface area contributed by atoms with Crippen LogP contribution in [0.4, 0.5) is 5.69 Å². The Kier molecular flexibility index (Phi) is 3.54. The molecule has 0 saturated carbocycles. The fraction of sp³-hybridized carbons (Fsp3) is 0.0769. The summed E-state index contributed by atoms with van der Waals surface area (Å²) in [5, 5.41) is 0.793. The van der Waals surface area contributed by atoms with Gasteiger partial charge in [-0.3, -0.25) is 9.59 Å². The van der Waals surface area contributed by atoms with Crippen LogP contribution in [0, 0.1) is 0 Å². The summed E-state index contributed by atoms with van der Waals surface area (Å²) >= 11 is 3.30. The van der Waals surface area contributed by atoms with Gasteiger partial charge in [0.1, 0.15) is 0 Å². The molecule has 2 amide bonds. The molecule has 3 nitrogen and oxygen atoms in total. The number of allylic oxidation sites excluding steroid dienone is 1. The molecular formula is C13H10BrNO2. The molecule has 0 fully saturated rings. The Bertz CT molecular complexity index is 485. The molecule has 0 saturated heterocycles. The number of halogens is 1. The smallest absolute Gasteiger partial charge is 0.258 e. The van der Waals surface area contributed by atoms with E-state index >= 15 is 0 Å². The van der Waals surface area contributed by atoms with Crippen molar-refractivity contribution in [2.24, 2.45) is 0 Å². The van der Waals surface area contributed by atoms with Gasteiger partial charge in [0, 0.05) is 17.5 Å². The first-order chi connectivity index (χ1) is 8.22. The fourth-order valence-electron chi connectivity index (χ4n) is 1.57. The molecule has 0 atom stereocenters. The number of anilines is 1. The summed E-state index contributed by atoms with van der Waals surface area (Å²) in [4.78, 5) is 24.0. The van der Waals surface area contributed by atoms with Gasteiger partial charge in [-0.2, -0.15) is 0 Å². The highest BCUT2D eigenvalue weighted by Crippen LogP contribution is 2.19. The molecule has 1 aromatic rings. The predicted octanol–water partition coefficient (Wildman–Crippen LogP) is 2.52. The van der Waals surface area contributed by atoms with Gasteiger partial charge in [-0.15, -0.1) is 0 Å². The maximum absolute atomic E-state index is 11.4. The Labute approximate surface area is 108 Å². The first kappa shape index (κ1) is 11.8. The quantitative estimate of drug-likeness (QED) is 0.634. The highest BCUT2D eigenvalue weighted by Gasteiger charge is 2.24. The van der Waals surface area contributed by atoms with Crippen LogP contribution in [0.1, 0.15) is 5.56 Å². The van der Waals surface area contributed by atoms with E-state index in [9.17, 15) is 9.59 Å². The number of nitrogens with zero attached hydrogens (tertiary/aromatic N) is 1. The van der Waals surface area contributed by atoms with Crippen molar-refractivity contribution in [3.05, 3.63) is 48.1 Å². The summed E-state index contributed by atoms with van der Waals surface area (Å²) in [7, 11) is 0. The Morgan fingerprint density at radius 1 is 1.06 bits per heavy atom. The summed E-state index contributed by atoms with van der Waals surface area (Å²) in [5.41, 5.74) is 1.63. The van der Waals surface area contributed by atoms with Crippen LogP contribution in [0.15, 0.2) is 42.5 Å². The molecule has 0 N–H and O–H groups in total. The second kappa shape index (κ2) is 5.10. The molecule has 1 aromatic carbocycles. The van der Waals surface area contributed by atoms with E-state index in [0.29, 0.717) is 5.69 Å². The van der Waals surface area contributed by atoms with Gasteiger partial charge in [-0.05, 0) is 17.7 Å². The minimum absolute atomic E-state index is 0.293. The van der Waals surface area contributed by atoms with Crippen molar-refractivity contribution >= 4 is 39.5 Å². The zero-order valence-electron chi connectivity index (χ0n) is 8.97. The summed E-state index contributed by atoms with van der Waals surface area (Å²) in [5.74, 6) is -0.586. The summed E-state index contributed by atoms with van der Waals surface area (Å²) in [6, 6.07) is 7.26. The van der Waals surface area contributed by atoms with Crippen LogP contribution in [-0.2, 0) is 9.59 Å². The van der Waals surface area contributed by atoms with Gasteiger partial charge in [0.2, 0.25) is 0 Å². The number of rotatable bonds is 3. The molecule has 2 rings (SSSR count). The first-order valence-corrected chi connectivity index (χ1v) is 6.23. The Balaban J connectivity index is 2.21. The third-order valence-electron chi connectivity index (χ3n) is 2.36. The summed E-state index contributed by atoms with van der Waals surface area (Å²) < 4.78 is 0. The van der Waals surface area contributed by atoms with Crippen molar-refractivity contribution in [3.8, 4) is 0 Å². The Morgan fingerprint density at radius 2 is 1.65 bits per heavy atom. The van der Waals surface area contributed by atoms with Crippen molar-refractivity contribution in [1.82, 2.24) is 0 Å². The van der Waals surface area contributed by atoms with Crippen molar-refractivity contribution in [2.75, 3.05) is 10.2 Å². The minimum Gasteiger partial charge on any atom is -0.269 e. The molecule has 17 heavy (non-hydrogen) atoms. The number of imide groups is 1. The SMILES string of the molecule is O=C1C=CC(=O)N1c1ccc(C=CCBr)cc1. The van der Waals surface area contributed by atoms with E-state index < -0.39 is 0 Å². The highest BCUT2D eigenvalue weighted by molar-refractivity contribution is 9.09. The van der Waals surface area contributed by atoms with E-state index in [1.54, 1.807) is 12.1 Å². The van der Waals surface area contributed by atoms with Gasteiger partial charge < -0.3 is 0 Å². The topological polar surface area (TPSA) is 37.4 Å². The molecule has 86 valence electrons. The van der Waals surface area contributed by atoms with Crippen molar-refractivity contribution in [1.29, 1.82) is 0 Å². The van der Waals surface area contributed by atoms with Crippen molar-refractivity contribution in [3.63, 3.8) is 0 Å². The van der Waals surface area contributed by atoms with Crippen molar-refractivity contribution < 1.29 is 9.59 Å². The van der Waals surface area contributed by atoms with Crippen molar-refractivity contribution in [2.45, 2.75) is 0 Å². The maximum Gasteiger partial charge on any atom is 0.258 e. The van der Waals surface area contributed by atoms with E-state index in [-0.39, 0.29) is 11.8 Å². The number of benzene rings is 1. The van der Waals surface area contributed by atoms with Gasteiger partial charge in [0.15, 0.2) is 0 Å². The number of amides is 2.